The van der Waals surface area contributed by atoms with E-state index in [2.05, 4.69) is 10.1 Å². The molecule has 0 aliphatic heterocycles. The van der Waals surface area contributed by atoms with Crippen LogP contribution < -0.4 is 9.64 Å². The zero-order valence-electron chi connectivity index (χ0n) is 17.4. The van der Waals surface area contributed by atoms with Gasteiger partial charge in [-0.25, -0.2) is 14.3 Å². The van der Waals surface area contributed by atoms with E-state index in [0.29, 0.717) is 23.7 Å². The van der Waals surface area contributed by atoms with E-state index in [-0.39, 0.29) is 21.0 Å². The number of benzene rings is 1. The van der Waals surface area contributed by atoms with Gasteiger partial charge >= 0.3 is 18.3 Å². The van der Waals surface area contributed by atoms with Crippen molar-refractivity contribution in [3.8, 4) is 5.75 Å². The number of imide groups is 1. The molecular formula is C19H23F3N4O4S. The van der Waals surface area contributed by atoms with Gasteiger partial charge in [-0.2, -0.15) is 23.3 Å². The monoisotopic (exact) mass is 460 g/mol. The van der Waals surface area contributed by atoms with Gasteiger partial charge in [0.05, 0.1) is 5.56 Å². The Morgan fingerprint density at radius 1 is 1.23 bits per heavy atom. The molecule has 0 unspecified atom stereocenters. The van der Waals surface area contributed by atoms with E-state index in [1.165, 1.54) is 4.68 Å². The van der Waals surface area contributed by atoms with Gasteiger partial charge in [-0.15, -0.1) is 0 Å². The molecule has 170 valence electrons. The van der Waals surface area contributed by atoms with Crippen molar-refractivity contribution in [2.75, 3.05) is 0 Å². The number of hydroxylamine groups is 2. The SMILES string of the molecule is CCCCn1nc(C(C)(C)C)sc1=NC(=O)N(Oc1ccc(C(F)(F)F)cc1)C(=O)O. The first-order valence-electron chi connectivity index (χ1n) is 9.38. The van der Waals surface area contributed by atoms with Gasteiger partial charge in [-0.3, -0.25) is 0 Å². The highest BCUT2D eigenvalue weighted by molar-refractivity contribution is 7.09. The van der Waals surface area contributed by atoms with Crippen molar-refractivity contribution in [1.82, 2.24) is 14.8 Å². The number of aryl methyl sites for hydroxylation is 1. The first-order chi connectivity index (χ1) is 14.3. The van der Waals surface area contributed by atoms with E-state index in [1.54, 1.807) is 0 Å². The molecule has 1 aromatic heterocycles. The summed E-state index contributed by atoms with van der Waals surface area (Å²) in [6.07, 6.45) is -4.67. The van der Waals surface area contributed by atoms with E-state index in [0.717, 1.165) is 36.3 Å². The molecule has 0 aliphatic rings. The van der Waals surface area contributed by atoms with Gasteiger partial charge in [0, 0.05) is 12.0 Å². The fourth-order valence-corrected chi connectivity index (χ4v) is 3.23. The number of hydrogen-bond donors (Lipinski definition) is 1. The van der Waals surface area contributed by atoms with Crippen molar-refractivity contribution >= 4 is 23.5 Å². The number of carboxylic acid groups (broad SMARTS) is 1. The van der Waals surface area contributed by atoms with Crippen LogP contribution in [-0.4, -0.2) is 32.1 Å². The molecule has 0 fully saturated rings. The third-order valence-electron chi connectivity index (χ3n) is 3.90. The molecular weight excluding hydrogens is 437 g/mol. The van der Waals surface area contributed by atoms with Crippen LogP contribution >= 0.6 is 11.3 Å². The Morgan fingerprint density at radius 3 is 2.32 bits per heavy atom. The number of carbonyl (C=O) groups excluding carboxylic acids is 1. The Morgan fingerprint density at radius 2 is 1.84 bits per heavy atom. The Kier molecular flexibility index (Phi) is 7.47. The molecule has 31 heavy (non-hydrogen) atoms. The minimum atomic E-state index is -4.56. The molecule has 0 aliphatic carbocycles. The van der Waals surface area contributed by atoms with Crippen LogP contribution in [0, 0.1) is 0 Å². The van der Waals surface area contributed by atoms with E-state index in [1.807, 2.05) is 27.7 Å². The second-order valence-electron chi connectivity index (χ2n) is 7.60. The van der Waals surface area contributed by atoms with Crippen LogP contribution in [0.4, 0.5) is 22.8 Å². The zero-order chi connectivity index (χ0) is 23.4. The summed E-state index contributed by atoms with van der Waals surface area (Å²) in [6, 6.07) is 2.01. The third kappa shape index (κ3) is 6.54. The number of urea groups is 1. The molecule has 1 N–H and O–H groups in total. The number of hydrogen-bond acceptors (Lipinski definition) is 5. The molecule has 0 saturated heterocycles. The number of rotatable bonds is 5. The van der Waals surface area contributed by atoms with Gasteiger partial charge in [-0.1, -0.05) is 45.5 Å². The minimum Gasteiger partial charge on any atom is -0.462 e. The Bertz CT molecular complexity index is 991. The van der Waals surface area contributed by atoms with Gasteiger partial charge < -0.3 is 9.94 Å². The van der Waals surface area contributed by atoms with Crippen LogP contribution in [0.25, 0.3) is 0 Å². The fraction of sp³-hybridized carbons (Fsp3) is 0.474. The predicted octanol–water partition coefficient (Wildman–Crippen LogP) is 5.06. The number of nitrogens with zero attached hydrogens (tertiary/aromatic N) is 4. The average Bonchev–Trinajstić information content (AvgIpc) is 3.06. The second kappa shape index (κ2) is 9.50. The predicted molar refractivity (Wildman–Crippen MR) is 107 cm³/mol. The highest BCUT2D eigenvalue weighted by Crippen LogP contribution is 2.30. The van der Waals surface area contributed by atoms with Gasteiger partial charge in [0.2, 0.25) is 4.80 Å². The number of aromatic nitrogens is 2. The molecule has 0 bridgehead atoms. The largest absolute Gasteiger partial charge is 0.462 e. The van der Waals surface area contributed by atoms with Crippen molar-refractivity contribution in [2.45, 2.75) is 58.7 Å². The van der Waals surface area contributed by atoms with Crippen molar-refractivity contribution in [3.05, 3.63) is 39.6 Å². The maximum atomic E-state index is 12.7. The summed E-state index contributed by atoms with van der Waals surface area (Å²) in [4.78, 5) is 33.0. The molecule has 12 heteroatoms. The van der Waals surface area contributed by atoms with Crippen molar-refractivity contribution in [2.24, 2.45) is 4.99 Å². The summed E-state index contributed by atoms with van der Waals surface area (Å²) in [7, 11) is 0. The standard InChI is InChI=1S/C19H23F3N4O4S/c1-5-6-11-25-16(31-14(24-25)18(2,3)4)23-15(27)26(17(28)29)30-13-9-7-12(8-10-13)19(20,21)22/h7-10H,5-6,11H2,1-4H3,(H,28,29). The Balaban J connectivity index is 2.34. The first kappa shape index (κ1) is 24.4. The number of halogens is 3. The van der Waals surface area contributed by atoms with E-state index in [9.17, 15) is 27.9 Å². The van der Waals surface area contributed by atoms with Crippen LogP contribution in [0.1, 0.15) is 51.1 Å². The first-order valence-corrected chi connectivity index (χ1v) is 10.2. The van der Waals surface area contributed by atoms with Crippen LogP contribution in [0.2, 0.25) is 0 Å². The fourth-order valence-electron chi connectivity index (χ4n) is 2.25. The van der Waals surface area contributed by atoms with Crippen LogP contribution in [0.3, 0.4) is 0 Å². The summed E-state index contributed by atoms with van der Waals surface area (Å²) in [6.45, 7) is 8.31. The highest BCUT2D eigenvalue weighted by Gasteiger charge is 2.31. The lowest BCUT2D eigenvalue weighted by Gasteiger charge is -2.15. The molecule has 2 rings (SSSR count). The Labute approximate surface area is 180 Å². The number of alkyl halides is 3. The lowest BCUT2D eigenvalue weighted by Crippen LogP contribution is -2.38. The summed E-state index contributed by atoms with van der Waals surface area (Å²) < 4.78 is 39.5. The number of unbranched alkanes of at least 4 members (excludes halogenated alkanes) is 1. The van der Waals surface area contributed by atoms with Crippen molar-refractivity contribution in [3.63, 3.8) is 0 Å². The van der Waals surface area contributed by atoms with Crippen molar-refractivity contribution < 1.29 is 32.7 Å². The number of carbonyl (C=O) groups is 2. The highest BCUT2D eigenvalue weighted by atomic mass is 32.1. The van der Waals surface area contributed by atoms with E-state index in [4.69, 9.17) is 4.84 Å². The summed E-state index contributed by atoms with van der Waals surface area (Å²) >= 11 is 1.15. The van der Waals surface area contributed by atoms with Crippen LogP contribution in [0.5, 0.6) is 5.75 Å². The molecule has 1 aromatic carbocycles. The maximum absolute atomic E-state index is 12.7. The second-order valence-corrected chi connectivity index (χ2v) is 8.56. The lowest BCUT2D eigenvalue weighted by atomic mass is 9.98. The molecule has 0 radical (unpaired) electrons. The van der Waals surface area contributed by atoms with Gasteiger partial charge in [0.15, 0.2) is 5.75 Å². The molecule has 3 amide bonds. The maximum Gasteiger partial charge on any atom is 0.450 e. The summed E-state index contributed by atoms with van der Waals surface area (Å²) in [5.41, 5.74) is -1.24. The smallest absolute Gasteiger partial charge is 0.450 e. The molecule has 8 nitrogen and oxygen atoms in total. The zero-order valence-corrected chi connectivity index (χ0v) is 18.3. The van der Waals surface area contributed by atoms with Crippen LogP contribution in [0.15, 0.2) is 29.3 Å². The van der Waals surface area contributed by atoms with Gasteiger partial charge in [-0.05, 0) is 35.7 Å². The third-order valence-corrected chi connectivity index (χ3v) is 5.27. The summed E-state index contributed by atoms with van der Waals surface area (Å²) in [5.74, 6) is -0.266. The Hall–Kier alpha value is -2.89. The topological polar surface area (TPSA) is 97.0 Å². The lowest BCUT2D eigenvalue weighted by molar-refractivity contribution is -0.137. The van der Waals surface area contributed by atoms with Gasteiger partial charge in [0.1, 0.15) is 5.01 Å². The molecule has 0 spiro atoms. The van der Waals surface area contributed by atoms with Gasteiger partial charge in [0.25, 0.3) is 0 Å². The van der Waals surface area contributed by atoms with Crippen molar-refractivity contribution in [1.29, 1.82) is 0 Å². The average molecular weight is 460 g/mol. The van der Waals surface area contributed by atoms with Crippen LogP contribution in [-0.2, 0) is 18.1 Å². The van der Waals surface area contributed by atoms with E-state index < -0.39 is 23.9 Å². The molecule has 2 aromatic rings. The minimum absolute atomic E-state index is 0.0385. The van der Waals surface area contributed by atoms with E-state index >= 15 is 0 Å². The summed E-state index contributed by atoms with van der Waals surface area (Å²) in [5, 5.41) is 14.5. The normalized spacial score (nSPS) is 12.7. The molecule has 0 atom stereocenters. The quantitative estimate of drug-likeness (QED) is 0.630. The number of amides is 3. The molecule has 0 saturated carbocycles. The molecule has 1 heterocycles.